The minimum Gasteiger partial charge on any atom is -0.481 e. The molecule has 5 nitrogen and oxygen atoms in total. The number of ether oxygens (including phenoxy) is 2. The van der Waals surface area contributed by atoms with E-state index in [1.165, 1.54) is 11.8 Å². The molecule has 0 saturated heterocycles. The molecule has 0 aliphatic carbocycles. The van der Waals surface area contributed by atoms with Crippen molar-refractivity contribution in [2.24, 2.45) is 0 Å². The smallest absolute Gasteiger partial charge is 0.344 e. The molecule has 2 rings (SSSR count). The molecule has 0 bridgehead atoms. The Morgan fingerprint density at radius 2 is 1.75 bits per heavy atom. The van der Waals surface area contributed by atoms with Crippen LogP contribution in [0.3, 0.4) is 0 Å². The fraction of sp³-hybridized carbons (Fsp3) is 0.350. The van der Waals surface area contributed by atoms with Crippen molar-refractivity contribution in [1.82, 2.24) is 0 Å². The molecule has 0 spiro atoms. The van der Waals surface area contributed by atoms with E-state index in [1.807, 2.05) is 0 Å². The topological polar surface area (TPSA) is 69.7 Å². The van der Waals surface area contributed by atoms with Gasteiger partial charge in [-0.05, 0) is 63.2 Å². The number of benzene rings is 2. The summed E-state index contributed by atoms with van der Waals surface area (Å²) in [5.41, 5.74) is -0.585. The van der Waals surface area contributed by atoms with Gasteiger partial charge in [0.25, 0.3) is 0 Å². The fourth-order valence-corrected chi connectivity index (χ4v) is 4.26. The highest BCUT2D eigenvalue weighted by molar-refractivity contribution is 7.99. The van der Waals surface area contributed by atoms with Crippen LogP contribution in [-0.2, 0) is 19.4 Å². The second-order valence-corrected chi connectivity index (χ2v) is 10.8. The average molecular weight is 443 g/mol. The second-order valence-electron chi connectivity index (χ2n) is 6.94. The molecule has 2 aromatic rings. The Bertz CT molecular complexity index is 932. The number of hydrogen-bond acceptors (Lipinski definition) is 6. The summed E-state index contributed by atoms with van der Waals surface area (Å²) in [5.74, 6) is 0.0780. The van der Waals surface area contributed by atoms with Crippen LogP contribution in [0.15, 0.2) is 57.2 Å². The summed E-state index contributed by atoms with van der Waals surface area (Å²) in [4.78, 5) is 13.7. The Morgan fingerprint density at radius 3 is 2.32 bits per heavy atom. The molecular weight excluding hydrogens is 420 g/mol. The highest BCUT2D eigenvalue weighted by Crippen LogP contribution is 2.37. The van der Waals surface area contributed by atoms with Crippen molar-refractivity contribution in [1.29, 1.82) is 0 Å². The maximum atomic E-state index is 11.9. The molecule has 2 aromatic carbocycles. The van der Waals surface area contributed by atoms with Crippen LogP contribution in [0.2, 0.25) is 5.02 Å². The van der Waals surface area contributed by atoms with E-state index in [0.717, 1.165) is 4.90 Å². The third kappa shape index (κ3) is 6.72. The number of sulfone groups is 1. The lowest BCUT2D eigenvalue weighted by Crippen LogP contribution is -2.27. The van der Waals surface area contributed by atoms with Crippen molar-refractivity contribution >= 4 is 39.2 Å². The lowest BCUT2D eigenvalue weighted by molar-refractivity contribution is -0.157. The Hall–Kier alpha value is -1.70. The van der Waals surface area contributed by atoms with Gasteiger partial charge < -0.3 is 9.47 Å². The number of carbonyl (C=O) groups is 1. The van der Waals surface area contributed by atoms with Crippen LogP contribution < -0.4 is 4.74 Å². The van der Waals surface area contributed by atoms with E-state index >= 15 is 0 Å². The molecule has 8 heteroatoms. The Kier molecular flexibility index (Phi) is 7.42. The first-order valence-corrected chi connectivity index (χ1v) is 11.5. The van der Waals surface area contributed by atoms with Gasteiger partial charge in [0.2, 0.25) is 0 Å². The van der Waals surface area contributed by atoms with Crippen molar-refractivity contribution in [2.75, 3.05) is 12.4 Å². The van der Waals surface area contributed by atoms with Gasteiger partial charge in [-0.15, -0.1) is 0 Å². The first-order valence-electron chi connectivity index (χ1n) is 8.65. The summed E-state index contributed by atoms with van der Waals surface area (Å²) in [7, 11) is -3.24. The molecule has 0 N–H and O–H groups in total. The largest absolute Gasteiger partial charge is 0.481 e. The van der Waals surface area contributed by atoms with E-state index in [9.17, 15) is 13.2 Å². The highest BCUT2D eigenvalue weighted by Gasteiger charge is 2.18. The molecule has 0 radical (unpaired) electrons. The molecule has 152 valence electrons. The van der Waals surface area contributed by atoms with E-state index in [0.29, 0.717) is 15.7 Å². The average Bonchev–Trinajstić information content (AvgIpc) is 2.60. The van der Waals surface area contributed by atoms with Crippen molar-refractivity contribution in [3.8, 4) is 5.75 Å². The van der Waals surface area contributed by atoms with Crippen molar-refractivity contribution < 1.29 is 22.7 Å². The van der Waals surface area contributed by atoms with E-state index in [4.69, 9.17) is 21.1 Å². The standard InChI is InChI=1S/C20H23ClO5S2/c1-5-28(23,24)16-9-7-15(8-10-16)27-18-12-14(21)6-11-17(18)25-13-19(22)26-20(2,3)4/h6-12H,5,13H2,1-4H3. The van der Waals surface area contributed by atoms with E-state index in [1.54, 1.807) is 70.2 Å². The molecule has 0 aliphatic rings. The minimum absolute atomic E-state index is 0.0520. The third-order valence-corrected chi connectivity index (χ3v) is 6.49. The van der Waals surface area contributed by atoms with Crippen LogP contribution in [0, 0.1) is 0 Å². The zero-order chi connectivity index (χ0) is 20.9. The summed E-state index contributed by atoms with van der Waals surface area (Å²) in [6, 6.07) is 11.7. The number of halogens is 1. The Labute approximate surface area is 175 Å². The Morgan fingerprint density at radius 1 is 1.11 bits per heavy atom. The van der Waals surface area contributed by atoms with Gasteiger partial charge in [-0.25, -0.2) is 13.2 Å². The molecule has 0 aliphatic heterocycles. The maximum Gasteiger partial charge on any atom is 0.344 e. The monoisotopic (exact) mass is 442 g/mol. The summed E-state index contributed by atoms with van der Waals surface area (Å²) >= 11 is 7.46. The van der Waals surface area contributed by atoms with Gasteiger partial charge in [0, 0.05) is 9.92 Å². The lowest BCUT2D eigenvalue weighted by Gasteiger charge is -2.20. The van der Waals surface area contributed by atoms with E-state index < -0.39 is 21.4 Å². The zero-order valence-electron chi connectivity index (χ0n) is 16.2. The van der Waals surface area contributed by atoms with Gasteiger partial charge in [-0.2, -0.15) is 0 Å². The Balaban J connectivity index is 2.15. The van der Waals surface area contributed by atoms with Crippen molar-refractivity contribution in [3.63, 3.8) is 0 Å². The van der Waals surface area contributed by atoms with Gasteiger partial charge in [-0.3, -0.25) is 0 Å². The molecule has 0 amide bonds. The van der Waals surface area contributed by atoms with Crippen LogP contribution in [0.25, 0.3) is 0 Å². The lowest BCUT2D eigenvalue weighted by atomic mass is 10.2. The second kappa shape index (κ2) is 9.20. The molecule has 28 heavy (non-hydrogen) atoms. The molecule has 0 heterocycles. The van der Waals surface area contributed by atoms with Gasteiger partial charge in [-0.1, -0.05) is 30.3 Å². The molecule has 0 saturated carbocycles. The molecule has 0 fully saturated rings. The van der Waals surface area contributed by atoms with E-state index in [-0.39, 0.29) is 17.3 Å². The van der Waals surface area contributed by atoms with Gasteiger partial charge in [0.05, 0.1) is 15.5 Å². The molecule has 0 atom stereocenters. The third-order valence-electron chi connectivity index (χ3n) is 3.46. The summed E-state index contributed by atoms with van der Waals surface area (Å²) in [5, 5.41) is 0.525. The highest BCUT2D eigenvalue weighted by atomic mass is 35.5. The first-order chi connectivity index (χ1) is 13.0. The summed E-state index contributed by atoms with van der Waals surface area (Å²) < 4.78 is 34.7. The van der Waals surface area contributed by atoms with Crippen LogP contribution in [0.5, 0.6) is 5.75 Å². The van der Waals surface area contributed by atoms with E-state index in [2.05, 4.69) is 0 Å². The van der Waals surface area contributed by atoms with Crippen molar-refractivity contribution in [2.45, 2.75) is 48.0 Å². The minimum atomic E-state index is -3.24. The van der Waals surface area contributed by atoms with Gasteiger partial charge >= 0.3 is 5.97 Å². The molecular formula is C20H23ClO5S2. The van der Waals surface area contributed by atoms with Crippen LogP contribution in [-0.4, -0.2) is 32.3 Å². The van der Waals surface area contributed by atoms with Crippen molar-refractivity contribution in [3.05, 3.63) is 47.5 Å². The molecule has 0 aromatic heterocycles. The summed E-state index contributed by atoms with van der Waals surface area (Å²) in [6.07, 6.45) is 0. The van der Waals surface area contributed by atoms with Crippen LogP contribution >= 0.6 is 23.4 Å². The maximum absolute atomic E-state index is 11.9. The number of esters is 1. The number of rotatable bonds is 7. The van der Waals surface area contributed by atoms with Crippen LogP contribution in [0.4, 0.5) is 0 Å². The quantitative estimate of drug-likeness (QED) is 0.561. The zero-order valence-corrected chi connectivity index (χ0v) is 18.6. The SMILES string of the molecule is CCS(=O)(=O)c1ccc(Sc2cc(Cl)ccc2OCC(=O)OC(C)(C)C)cc1. The first kappa shape index (κ1) is 22.6. The summed E-state index contributed by atoms with van der Waals surface area (Å²) in [6.45, 7) is 6.75. The normalized spacial score (nSPS) is 11.9. The number of hydrogen-bond donors (Lipinski definition) is 0. The molecule has 0 unspecified atom stereocenters. The van der Waals surface area contributed by atoms with Crippen LogP contribution in [0.1, 0.15) is 27.7 Å². The predicted octanol–water partition coefficient (Wildman–Crippen LogP) is 5.01. The van der Waals surface area contributed by atoms with Gasteiger partial charge in [0.1, 0.15) is 11.4 Å². The predicted molar refractivity (Wildman–Crippen MR) is 111 cm³/mol. The fourth-order valence-electron chi connectivity index (χ4n) is 2.20. The van der Waals surface area contributed by atoms with Gasteiger partial charge in [0.15, 0.2) is 16.4 Å². The number of carbonyl (C=O) groups excluding carboxylic acids is 1.